The molecule has 5 nitrogen and oxygen atoms in total. The van der Waals surface area contributed by atoms with Crippen molar-refractivity contribution < 1.29 is 19.1 Å². The maximum atomic E-state index is 13.6. The Labute approximate surface area is 108 Å². The molecule has 1 aromatic rings. The Bertz CT molecular complexity index is 573. The molecule has 0 bridgehead atoms. The van der Waals surface area contributed by atoms with Gasteiger partial charge in [-0.1, -0.05) is 0 Å². The molecule has 2 atom stereocenters. The number of rotatable bonds is 2. The van der Waals surface area contributed by atoms with Crippen molar-refractivity contribution in [1.29, 1.82) is 0 Å². The predicted molar refractivity (Wildman–Crippen MR) is 65.2 cm³/mol. The summed E-state index contributed by atoms with van der Waals surface area (Å²) in [7, 11) is 0. The Kier molecular flexibility index (Phi) is 2.74. The Morgan fingerprint density at radius 1 is 1.42 bits per heavy atom. The van der Waals surface area contributed by atoms with Gasteiger partial charge >= 0.3 is 5.97 Å². The number of amides is 1. The first kappa shape index (κ1) is 12.1. The number of carbonyl (C=O) groups is 2. The van der Waals surface area contributed by atoms with Crippen LogP contribution in [0.1, 0.15) is 23.6 Å². The molecule has 2 heterocycles. The van der Waals surface area contributed by atoms with E-state index in [1.165, 1.54) is 12.1 Å². The van der Waals surface area contributed by atoms with E-state index < -0.39 is 17.7 Å². The average Bonchev–Trinajstić information content (AvgIpc) is 2.93. The number of anilines is 1. The van der Waals surface area contributed by atoms with E-state index in [4.69, 9.17) is 5.11 Å². The lowest BCUT2D eigenvalue weighted by Crippen LogP contribution is -2.18. The number of hydrogen-bond acceptors (Lipinski definition) is 3. The van der Waals surface area contributed by atoms with E-state index in [0.717, 1.165) is 0 Å². The van der Waals surface area contributed by atoms with Crippen molar-refractivity contribution in [3.63, 3.8) is 0 Å². The highest BCUT2D eigenvalue weighted by Crippen LogP contribution is 2.37. The van der Waals surface area contributed by atoms with E-state index in [-0.39, 0.29) is 18.4 Å². The van der Waals surface area contributed by atoms with Gasteiger partial charge in [-0.05, 0) is 29.7 Å². The molecule has 19 heavy (non-hydrogen) atoms. The van der Waals surface area contributed by atoms with E-state index in [1.807, 2.05) is 0 Å². The summed E-state index contributed by atoms with van der Waals surface area (Å²) >= 11 is 0. The topological polar surface area (TPSA) is 78.4 Å². The van der Waals surface area contributed by atoms with Crippen molar-refractivity contribution in [2.24, 2.45) is 5.92 Å². The highest BCUT2D eigenvalue weighted by molar-refractivity contribution is 6.00. The fourth-order valence-corrected chi connectivity index (χ4v) is 2.77. The van der Waals surface area contributed by atoms with Gasteiger partial charge in [0, 0.05) is 18.3 Å². The molecule has 2 aliphatic rings. The van der Waals surface area contributed by atoms with Crippen LogP contribution in [0.15, 0.2) is 12.1 Å². The van der Waals surface area contributed by atoms with Crippen molar-refractivity contribution >= 4 is 17.6 Å². The second kappa shape index (κ2) is 4.31. The Balaban J connectivity index is 1.94. The molecule has 0 radical (unpaired) electrons. The van der Waals surface area contributed by atoms with E-state index in [0.29, 0.717) is 29.8 Å². The molecule has 2 aliphatic heterocycles. The Morgan fingerprint density at radius 2 is 2.21 bits per heavy atom. The maximum Gasteiger partial charge on any atom is 0.307 e. The van der Waals surface area contributed by atoms with Gasteiger partial charge in [0.25, 0.3) is 0 Å². The Hall–Kier alpha value is -1.95. The molecule has 1 fully saturated rings. The van der Waals surface area contributed by atoms with Crippen LogP contribution in [-0.4, -0.2) is 23.5 Å². The number of fused-ring (bicyclic) bond motifs is 1. The first-order valence-corrected chi connectivity index (χ1v) is 6.13. The van der Waals surface area contributed by atoms with Crippen LogP contribution < -0.4 is 10.6 Å². The van der Waals surface area contributed by atoms with E-state index in [9.17, 15) is 14.0 Å². The lowest BCUT2D eigenvalue weighted by atomic mass is 9.96. The van der Waals surface area contributed by atoms with Crippen LogP contribution in [0.5, 0.6) is 0 Å². The van der Waals surface area contributed by atoms with Crippen molar-refractivity contribution in [3.05, 3.63) is 29.1 Å². The number of benzene rings is 1. The van der Waals surface area contributed by atoms with Crippen molar-refractivity contribution in [3.8, 4) is 0 Å². The molecular weight excluding hydrogens is 251 g/mol. The van der Waals surface area contributed by atoms with Crippen molar-refractivity contribution in [2.75, 3.05) is 11.9 Å². The van der Waals surface area contributed by atoms with E-state index in [2.05, 4.69) is 10.6 Å². The summed E-state index contributed by atoms with van der Waals surface area (Å²) in [6.07, 6.45) is 0.580. The zero-order valence-electron chi connectivity index (χ0n) is 10.1. The molecule has 3 N–H and O–H groups in total. The first-order chi connectivity index (χ1) is 9.04. The molecule has 3 rings (SSSR count). The van der Waals surface area contributed by atoms with Crippen molar-refractivity contribution in [1.82, 2.24) is 5.32 Å². The summed E-state index contributed by atoms with van der Waals surface area (Å²) in [5.41, 5.74) is 1.92. The van der Waals surface area contributed by atoms with Gasteiger partial charge in [-0.25, -0.2) is 4.39 Å². The number of nitrogens with one attached hydrogen (secondary N) is 2. The van der Waals surface area contributed by atoms with Crippen LogP contribution in [-0.2, 0) is 16.0 Å². The van der Waals surface area contributed by atoms with Gasteiger partial charge in [0.2, 0.25) is 5.91 Å². The van der Waals surface area contributed by atoms with Crippen LogP contribution in [0.2, 0.25) is 0 Å². The lowest BCUT2D eigenvalue weighted by Gasteiger charge is -2.15. The monoisotopic (exact) mass is 264 g/mol. The normalized spacial score (nSPS) is 25.2. The smallest absolute Gasteiger partial charge is 0.307 e. The molecule has 0 spiro atoms. The highest BCUT2D eigenvalue weighted by Gasteiger charge is 2.33. The fraction of sp³-hybridized carbons (Fsp3) is 0.385. The number of hydrogen-bond donors (Lipinski definition) is 3. The van der Waals surface area contributed by atoms with Gasteiger partial charge in [0.15, 0.2) is 0 Å². The summed E-state index contributed by atoms with van der Waals surface area (Å²) in [6.45, 7) is 0.360. The number of carboxylic acids is 1. The summed E-state index contributed by atoms with van der Waals surface area (Å²) in [6, 6.07) is 2.48. The third-order valence-corrected chi connectivity index (χ3v) is 3.69. The summed E-state index contributed by atoms with van der Waals surface area (Å²) in [5, 5.41) is 14.8. The minimum absolute atomic E-state index is 0.158. The molecule has 2 unspecified atom stereocenters. The first-order valence-electron chi connectivity index (χ1n) is 6.13. The second-order valence-corrected chi connectivity index (χ2v) is 4.99. The number of carbonyl (C=O) groups excluding carboxylic acids is 1. The van der Waals surface area contributed by atoms with Gasteiger partial charge in [-0.3, -0.25) is 9.59 Å². The molecule has 0 aliphatic carbocycles. The minimum atomic E-state index is -0.855. The molecular formula is C13H13FN2O3. The predicted octanol–water partition coefficient (Wildman–Crippen LogP) is 1.06. The van der Waals surface area contributed by atoms with Crippen molar-refractivity contribution in [2.45, 2.75) is 18.9 Å². The summed E-state index contributed by atoms with van der Waals surface area (Å²) < 4.78 is 13.6. The molecule has 1 aromatic carbocycles. The molecule has 1 amide bonds. The Morgan fingerprint density at radius 3 is 2.89 bits per heavy atom. The van der Waals surface area contributed by atoms with Crippen LogP contribution in [0, 0.1) is 11.7 Å². The van der Waals surface area contributed by atoms with Crippen LogP contribution >= 0.6 is 0 Å². The zero-order valence-corrected chi connectivity index (χ0v) is 10.1. The minimum Gasteiger partial charge on any atom is -0.481 e. The van der Waals surface area contributed by atoms with Crippen LogP contribution in [0.25, 0.3) is 0 Å². The molecule has 100 valence electrons. The molecule has 0 saturated carbocycles. The third-order valence-electron chi connectivity index (χ3n) is 3.69. The fourth-order valence-electron chi connectivity index (χ4n) is 2.77. The van der Waals surface area contributed by atoms with E-state index in [1.54, 1.807) is 0 Å². The SMILES string of the molecule is O=C1Cc2cc(F)cc(C3CC(C(=O)O)CN3)c2N1. The molecule has 0 aromatic heterocycles. The summed E-state index contributed by atoms with van der Waals surface area (Å²) in [4.78, 5) is 22.4. The standard InChI is InChI=1S/C13H13FN2O3/c14-8-1-6-3-11(17)16-12(6)9(4-8)10-2-7(5-15-10)13(18)19/h1,4,7,10,15H,2-3,5H2,(H,16,17)(H,18,19). The molecule has 1 saturated heterocycles. The van der Waals surface area contributed by atoms with Gasteiger partial charge < -0.3 is 15.7 Å². The highest BCUT2D eigenvalue weighted by atomic mass is 19.1. The third kappa shape index (κ3) is 2.08. The van der Waals surface area contributed by atoms with Crippen LogP contribution in [0.4, 0.5) is 10.1 Å². The van der Waals surface area contributed by atoms with Crippen LogP contribution in [0.3, 0.4) is 0 Å². The number of halogens is 1. The second-order valence-electron chi connectivity index (χ2n) is 4.99. The number of carboxylic acid groups (broad SMARTS) is 1. The quantitative estimate of drug-likeness (QED) is 0.746. The number of aliphatic carboxylic acids is 1. The van der Waals surface area contributed by atoms with Gasteiger partial charge in [-0.2, -0.15) is 0 Å². The van der Waals surface area contributed by atoms with E-state index >= 15 is 0 Å². The largest absolute Gasteiger partial charge is 0.481 e. The average molecular weight is 264 g/mol. The summed E-state index contributed by atoms with van der Waals surface area (Å²) in [5.74, 6) is -1.88. The lowest BCUT2D eigenvalue weighted by molar-refractivity contribution is -0.141. The zero-order chi connectivity index (χ0) is 13.6. The maximum absolute atomic E-state index is 13.6. The molecule has 6 heteroatoms. The van der Waals surface area contributed by atoms with Gasteiger partial charge in [0.1, 0.15) is 5.82 Å². The van der Waals surface area contributed by atoms with Gasteiger partial charge in [0.05, 0.1) is 12.3 Å². The van der Waals surface area contributed by atoms with Gasteiger partial charge in [-0.15, -0.1) is 0 Å².